The van der Waals surface area contributed by atoms with Crippen molar-refractivity contribution in [2.75, 3.05) is 0 Å². The van der Waals surface area contributed by atoms with Crippen LogP contribution in [0.1, 0.15) is 85.0 Å². The monoisotopic (exact) mass is 251 g/mol. The highest BCUT2D eigenvalue weighted by atomic mass is 14.8. The van der Waals surface area contributed by atoms with Crippen LogP contribution in [0.25, 0.3) is 0 Å². The van der Waals surface area contributed by atoms with Gasteiger partial charge in [-0.1, -0.05) is 52.9 Å². The first-order chi connectivity index (χ1) is 8.47. The van der Waals surface area contributed by atoms with Crippen molar-refractivity contribution in [2.45, 2.75) is 90.5 Å². The van der Waals surface area contributed by atoms with Gasteiger partial charge < -0.3 is 5.73 Å². The van der Waals surface area contributed by atoms with Gasteiger partial charge in [-0.15, -0.1) is 0 Å². The quantitative estimate of drug-likeness (QED) is 0.695. The predicted molar refractivity (Wildman–Crippen MR) is 79.5 cm³/mol. The number of hydrogen-bond donors (Lipinski definition) is 1. The molecule has 0 amide bonds. The van der Waals surface area contributed by atoms with E-state index in [2.05, 4.69) is 20.8 Å². The van der Waals surface area contributed by atoms with E-state index < -0.39 is 0 Å². The first-order valence-corrected chi connectivity index (χ1v) is 8.26. The lowest BCUT2D eigenvalue weighted by Gasteiger charge is -2.44. The van der Waals surface area contributed by atoms with E-state index in [1.54, 1.807) is 0 Å². The molecule has 0 saturated heterocycles. The maximum atomic E-state index is 6.92. The van der Waals surface area contributed by atoms with Crippen LogP contribution >= 0.6 is 0 Å². The van der Waals surface area contributed by atoms with Crippen LogP contribution in [0.2, 0.25) is 0 Å². The van der Waals surface area contributed by atoms with E-state index >= 15 is 0 Å². The van der Waals surface area contributed by atoms with Crippen molar-refractivity contribution in [1.82, 2.24) is 0 Å². The molecule has 0 aromatic rings. The molecule has 2 aliphatic rings. The minimum Gasteiger partial charge on any atom is -0.325 e. The maximum absolute atomic E-state index is 6.92. The third-order valence-corrected chi connectivity index (χ3v) is 5.93. The highest BCUT2D eigenvalue weighted by molar-refractivity contribution is 4.98. The Hall–Kier alpha value is -0.0400. The fourth-order valence-electron chi connectivity index (χ4n) is 4.54. The normalized spacial score (nSPS) is 41.3. The van der Waals surface area contributed by atoms with Gasteiger partial charge in [0, 0.05) is 5.54 Å². The Balaban J connectivity index is 2.09. The molecular weight excluding hydrogens is 218 g/mol. The number of hydrogen-bond acceptors (Lipinski definition) is 1. The standard InChI is InChI=1S/C17H33N/c1-4-14-8-5-6-9-15(14)17(18)11-7-10-16(2,3)12-13-17/h14-15H,4-13,18H2,1-3H3. The van der Waals surface area contributed by atoms with Crippen molar-refractivity contribution in [2.24, 2.45) is 23.0 Å². The summed E-state index contributed by atoms with van der Waals surface area (Å²) in [4.78, 5) is 0. The molecule has 2 rings (SSSR count). The molecule has 2 aliphatic carbocycles. The zero-order chi connectivity index (χ0) is 13.2. The van der Waals surface area contributed by atoms with E-state index in [0.29, 0.717) is 5.41 Å². The second-order valence-electron chi connectivity index (χ2n) is 7.81. The molecule has 0 spiro atoms. The lowest BCUT2D eigenvalue weighted by atomic mass is 9.65. The van der Waals surface area contributed by atoms with Crippen molar-refractivity contribution in [3.63, 3.8) is 0 Å². The summed E-state index contributed by atoms with van der Waals surface area (Å²) in [6, 6.07) is 0. The molecule has 18 heavy (non-hydrogen) atoms. The fourth-order valence-corrected chi connectivity index (χ4v) is 4.54. The summed E-state index contributed by atoms with van der Waals surface area (Å²) in [7, 11) is 0. The van der Waals surface area contributed by atoms with Gasteiger partial charge in [0.25, 0.3) is 0 Å². The molecule has 0 aromatic heterocycles. The molecule has 1 heteroatoms. The molecule has 0 heterocycles. The first-order valence-electron chi connectivity index (χ1n) is 8.26. The summed E-state index contributed by atoms with van der Waals surface area (Å²) >= 11 is 0. The molecule has 2 saturated carbocycles. The molecule has 2 fully saturated rings. The Labute approximate surface area is 114 Å². The van der Waals surface area contributed by atoms with Gasteiger partial charge >= 0.3 is 0 Å². The first kappa shape index (κ1) is 14.4. The molecule has 106 valence electrons. The van der Waals surface area contributed by atoms with Crippen LogP contribution in [0.4, 0.5) is 0 Å². The van der Waals surface area contributed by atoms with Crippen LogP contribution in [0.5, 0.6) is 0 Å². The molecule has 0 radical (unpaired) electrons. The lowest BCUT2D eigenvalue weighted by molar-refractivity contribution is 0.111. The van der Waals surface area contributed by atoms with Gasteiger partial charge in [-0.25, -0.2) is 0 Å². The van der Waals surface area contributed by atoms with Gasteiger partial charge in [-0.3, -0.25) is 0 Å². The lowest BCUT2D eigenvalue weighted by Crippen LogP contribution is -2.50. The van der Waals surface area contributed by atoms with E-state index in [1.807, 2.05) is 0 Å². The minimum absolute atomic E-state index is 0.162. The topological polar surface area (TPSA) is 26.0 Å². The van der Waals surface area contributed by atoms with Crippen molar-refractivity contribution in [1.29, 1.82) is 0 Å². The summed E-state index contributed by atoms with van der Waals surface area (Å²) in [6.07, 6.45) is 13.6. The Morgan fingerprint density at radius 2 is 1.67 bits per heavy atom. The molecular formula is C17H33N. The summed E-state index contributed by atoms with van der Waals surface area (Å²) < 4.78 is 0. The average Bonchev–Trinajstić information content (AvgIpc) is 2.49. The van der Waals surface area contributed by atoms with Crippen molar-refractivity contribution in [3.8, 4) is 0 Å². The van der Waals surface area contributed by atoms with E-state index in [-0.39, 0.29) is 5.54 Å². The Morgan fingerprint density at radius 3 is 2.39 bits per heavy atom. The Kier molecular flexibility index (Phi) is 4.41. The van der Waals surface area contributed by atoms with Gasteiger partial charge in [0.05, 0.1) is 0 Å². The largest absolute Gasteiger partial charge is 0.325 e. The molecule has 3 unspecified atom stereocenters. The van der Waals surface area contributed by atoms with Crippen LogP contribution in [0, 0.1) is 17.3 Å². The SMILES string of the molecule is CCC1CCCCC1C1(N)CCCC(C)(C)CC1. The summed E-state index contributed by atoms with van der Waals surface area (Å²) in [6.45, 7) is 7.22. The summed E-state index contributed by atoms with van der Waals surface area (Å²) in [5.74, 6) is 1.72. The maximum Gasteiger partial charge on any atom is 0.0185 e. The molecule has 1 nitrogen and oxygen atoms in total. The van der Waals surface area contributed by atoms with Gasteiger partial charge in [0.2, 0.25) is 0 Å². The molecule has 2 N–H and O–H groups in total. The van der Waals surface area contributed by atoms with Gasteiger partial charge in [-0.05, 0) is 49.4 Å². The molecule has 0 aliphatic heterocycles. The van der Waals surface area contributed by atoms with Crippen LogP contribution in [0.15, 0.2) is 0 Å². The predicted octanol–water partition coefficient (Wildman–Crippen LogP) is 4.89. The third-order valence-electron chi connectivity index (χ3n) is 5.93. The van der Waals surface area contributed by atoms with Gasteiger partial charge in [0.1, 0.15) is 0 Å². The van der Waals surface area contributed by atoms with Crippen LogP contribution in [0.3, 0.4) is 0 Å². The highest BCUT2D eigenvalue weighted by Crippen LogP contribution is 2.46. The highest BCUT2D eigenvalue weighted by Gasteiger charge is 2.42. The second kappa shape index (κ2) is 5.53. The molecule has 0 aromatic carbocycles. The van der Waals surface area contributed by atoms with Crippen LogP contribution < -0.4 is 5.73 Å². The second-order valence-corrected chi connectivity index (χ2v) is 7.81. The summed E-state index contributed by atoms with van der Waals surface area (Å²) in [5, 5.41) is 0. The fraction of sp³-hybridized carbons (Fsp3) is 1.00. The Morgan fingerprint density at radius 1 is 0.944 bits per heavy atom. The van der Waals surface area contributed by atoms with Crippen LogP contribution in [-0.2, 0) is 0 Å². The van der Waals surface area contributed by atoms with E-state index in [1.165, 1.54) is 64.2 Å². The Bertz CT molecular complexity index is 271. The number of nitrogens with two attached hydrogens (primary N) is 1. The van der Waals surface area contributed by atoms with Crippen molar-refractivity contribution in [3.05, 3.63) is 0 Å². The summed E-state index contributed by atoms with van der Waals surface area (Å²) in [5.41, 5.74) is 7.61. The minimum atomic E-state index is 0.162. The van der Waals surface area contributed by atoms with E-state index in [9.17, 15) is 0 Å². The van der Waals surface area contributed by atoms with Gasteiger partial charge in [0.15, 0.2) is 0 Å². The molecule has 0 bridgehead atoms. The zero-order valence-electron chi connectivity index (χ0n) is 12.8. The van der Waals surface area contributed by atoms with E-state index in [0.717, 1.165) is 11.8 Å². The number of rotatable bonds is 2. The zero-order valence-corrected chi connectivity index (χ0v) is 12.8. The van der Waals surface area contributed by atoms with E-state index in [4.69, 9.17) is 5.73 Å². The third kappa shape index (κ3) is 3.10. The van der Waals surface area contributed by atoms with Gasteiger partial charge in [-0.2, -0.15) is 0 Å². The average molecular weight is 251 g/mol. The van der Waals surface area contributed by atoms with Crippen LogP contribution in [-0.4, -0.2) is 5.54 Å². The van der Waals surface area contributed by atoms with Crippen molar-refractivity contribution < 1.29 is 0 Å². The molecule has 3 atom stereocenters. The van der Waals surface area contributed by atoms with Crippen molar-refractivity contribution >= 4 is 0 Å². The smallest absolute Gasteiger partial charge is 0.0185 e.